The summed E-state index contributed by atoms with van der Waals surface area (Å²) in [6.45, 7) is 11.1. The molecule has 2 aromatic heterocycles. The largest absolute Gasteiger partial charge is 0.481 e. The van der Waals surface area contributed by atoms with E-state index in [1.807, 2.05) is 45.6 Å². The first-order valence-electron chi connectivity index (χ1n) is 14.4. The predicted octanol–water partition coefficient (Wildman–Crippen LogP) is 6.00. The number of piperazine rings is 1. The van der Waals surface area contributed by atoms with Gasteiger partial charge in [0.2, 0.25) is 5.91 Å². The molecule has 10 heteroatoms. The fraction of sp³-hybridized carbons (Fsp3) is 0.500. The van der Waals surface area contributed by atoms with Crippen molar-refractivity contribution in [2.45, 2.75) is 58.4 Å². The Bertz CT molecular complexity index is 1610. The molecule has 0 bridgehead atoms. The number of pyridine rings is 1. The topological polar surface area (TPSA) is 104 Å². The molecule has 1 aromatic carbocycles. The summed E-state index contributed by atoms with van der Waals surface area (Å²) in [6.07, 6.45) is 1.26. The van der Waals surface area contributed by atoms with Gasteiger partial charge in [0.15, 0.2) is 11.3 Å². The summed E-state index contributed by atoms with van der Waals surface area (Å²) in [7, 11) is 0. The van der Waals surface area contributed by atoms with Crippen LogP contribution in [0.1, 0.15) is 63.6 Å². The van der Waals surface area contributed by atoms with Crippen LogP contribution in [0.5, 0.6) is 0 Å². The lowest BCUT2D eigenvalue weighted by Gasteiger charge is -2.47. The Morgan fingerprint density at radius 3 is 2.38 bits per heavy atom. The third-order valence-electron chi connectivity index (χ3n) is 9.25. The normalized spacial score (nSPS) is 25.0. The van der Waals surface area contributed by atoms with Gasteiger partial charge in [-0.3, -0.25) is 14.4 Å². The summed E-state index contributed by atoms with van der Waals surface area (Å²) in [5, 5.41) is 9.33. The van der Waals surface area contributed by atoms with Gasteiger partial charge in [-0.2, -0.15) is 0 Å². The molecule has 0 radical (unpaired) electrons. The molecule has 3 aromatic rings. The van der Waals surface area contributed by atoms with Crippen molar-refractivity contribution in [3.8, 4) is 11.3 Å². The maximum Gasteiger partial charge on any atom is 0.307 e. The summed E-state index contributed by atoms with van der Waals surface area (Å²) in [4.78, 5) is 46.8. The average Bonchev–Trinajstić information content (AvgIpc) is 3.21. The second-order valence-corrected chi connectivity index (χ2v) is 14.1. The highest BCUT2D eigenvalue weighted by molar-refractivity contribution is 6.30. The lowest BCUT2D eigenvalue weighted by Crippen LogP contribution is -2.62. The van der Waals surface area contributed by atoms with Crippen molar-refractivity contribution in [1.82, 2.24) is 14.8 Å². The van der Waals surface area contributed by atoms with Crippen molar-refractivity contribution < 1.29 is 28.3 Å². The number of aliphatic carboxylic acids is 1. The van der Waals surface area contributed by atoms with Crippen LogP contribution >= 0.6 is 11.6 Å². The number of carbonyl (C=O) groups is 3. The SMILES string of the molecule is CC(C)(C)c1cc(-c2ccc(Cl)c(F)c2)nc2cc(C(=O)N3CCN(C(=O)C4CC5C(C4)C5C(=O)O)CC3(C)C)oc12. The van der Waals surface area contributed by atoms with Crippen LogP contribution in [-0.2, 0) is 15.0 Å². The van der Waals surface area contributed by atoms with Gasteiger partial charge in [0, 0.05) is 42.7 Å². The number of furan rings is 1. The summed E-state index contributed by atoms with van der Waals surface area (Å²) in [5.74, 6) is -1.56. The molecule has 42 heavy (non-hydrogen) atoms. The minimum Gasteiger partial charge on any atom is -0.481 e. The van der Waals surface area contributed by atoms with Crippen molar-refractivity contribution in [1.29, 1.82) is 0 Å². The number of hydrogen-bond acceptors (Lipinski definition) is 5. The molecule has 2 atom stereocenters. The highest BCUT2D eigenvalue weighted by Gasteiger charge is 2.61. The second-order valence-electron chi connectivity index (χ2n) is 13.6. The lowest BCUT2D eigenvalue weighted by atomic mass is 9.86. The average molecular weight is 596 g/mol. The van der Waals surface area contributed by atoms with Crippen LogP contribution in [0.2, 0.25) is 5.02 Å². The molecule has 1 aliphatic heterocycles. The van der Waals surface area contributed by atoms with Crippen LogP contribution < -0.4 is 0 Å². The van der Waals surface area contributed by atoms with Gasteiger partial charge in [-0.15, -0.1) is 0 Å². The van der Waals surface area contributed by atoms with Gasteiger partial charge in [-0.25, -0.2) is 9.37 Å². The quantitative estimate of drug-likeness (QED) is 0.396. The maximum absolute atomic E-state index is 14.3. The van der Waals surface area contributed by atoms with E-state index in [4.69, 9.17) is 21.0 Å². The van der Waals surface area contributed by atoms with Gasteiger partial charge in [-0.05, 0) is 62.1 Å². The number of benzene rings is 1. The number of aromatic nitrogens is 1. The van der Waals surface area contributed by atoms with Gasteiger partial charge >= 0.3 is 5.97 Å². The molecule has 3 heterocycles. The number of amides is 2. The van der Waals surface area contributed by atoms with Crippen molar-refractivity contribution >= 4 is 40.5 Å². The molecule has 2 aliphatic carbocycles. The number of carboxylic acid groups (broad SMARTS) is 1. The van der Waals surface area contributed by atoms with Gasteiger partial charge in [0.25, 0.3) is 5.91 Å². The lowest BCUT2D eigenvalue weighted by molar-refractivity contribution is -0.143. The summed E-state index contributed by atoms with van der Waals surface area (Å²) >= 11 is 5.89. The first-order chi connectivity index (χ1) is 19.7. The number of halogens is 2. The Kier molecular flexibility index (Phi) is 6.68. The molecule has 1 N–H and O–H groups in total. The van der Waals surface area contributed by atoms with Gasteiger partial charge in [0.1, 0.15) is 11.3 Å². The minimum atomic E-state index is -0.755. The summed E-state index contributed by atoms with van der Waals surface area (Å²) in [6, 6.07) is 8.05. The third-order valence-corrected chi connectivity index (χ3v) is 9.56. The van der Waals surface area contributed by atoms with E-state index in [9.17, 15) is 23.9 Å². The van der Waals surface area contributed by atoms with E-state index in [1.54, 1.807) is 17.0 Å². The highest BCUT2D eigenvalue weighted by atomic mass is 35.5. The Balaban J connectivity index is 1.23. The molecule has 1 saturated heterocycles. The van der Waals surface area contributed by atoms with E-state index in [-0.39, 0.29) is 51.7 Å². The number of fused-ring (bicyclic) bond motifs is 2. The second kappa shape index (κ2) is 9.79. The van der Waals surface area contributed by atoms with E-state index in [0.717, 1.165) is 5.56 Å². The molecule has 8 nitrogen and oxygen atoms in total. The number of hydrogen-bond donors (Lipinski definition) is 1. The fourth-order valence-electron chi connectivity index (χ4n) is 7.01. The van der Waals surface area contributed by atoms with E-state index < -0.39 is 17.3 Å². The Morgan fingerprint density at radius 2 is 1.79 bits per heavy atom. The molecule has 3 fully saturated rings. The van der Waals surface area contributed by atoms with E-state index in [2.05, 4.69) is 0 Å². The molecule has 2 unspecified atom stereocenters. The minimum absolute atomic E-state index is 0.0307. The smallest absolute Gasteiger partial charge is 0.307 e. The van der Waals surface area contributed by atoms with Gasteiger partial charge in [0.05, 0.1) is 22.2 Å². The maximum atomic E-state index is 14.3. The Labute approximate surface area is 248 Å². The first kappa shape index (κ1) is 28.6. The molecule has 2 amide bonds. The zero-order chi connectivity index (χ0) is 30.3. The van der Waals surface area contributed by atoms with Gasteiger partial charge < -0.3 is 19.3 Å². The third kappa shape index (κ3) is 4.85. The van der Waals surface area contributed by atoms with E-state index in [1.165, 1.54) is 12.1 Å². The molecule has 2 saturated carbocycles. The highest BCUT2D eigenvalue weighted by Crippen LogP contribution is 2.60. The molecular formula is C32H35ClFN3O5. The zero-order valence-corrected chi connectivity index (χ0v) is 25.2. The number of rotatable bonds is 4. The van der Waals surface area contributed by atoms with Crippen molar-refractivity contribution in [2.75, 3.05) is 19.6 Å². The van der Waals surface area contributed by atoms with Crippen LogP contribution in [-0.4, -0.2) is 62.8 Å². The van der Waals surface area contributed by atoms with E-state index >= 15 is 0 Å². The van der Waals surface area contributed by atoms with Crippen LogP contribution in [0.4, 0.5) is 4.39 Å². The Morgan fingerprint density at radius 1 is 1.10 bits per heavy atom. The van der Waals surface area contributed by atoms with Crippen LogP contribution in [0.15, 0.2) is 34.7 Å². The predicted molar refractivity (Wildman–Crippen MR) is 156 cm³/mol. The van der Waals surface area contributed by atoms with Crippen LogP contribution in [0, 0.1) is 29.5 Å². The molecular weight excluding hydrogens is 561 g/mol. The van der Waals surface area contributed by atoms with Crippen LogP contribution in [0.25, 0.3) is 22.4 Å². The zero-order valence-electron chi connectivity index (χ0n) is 24.4. The number of nitrogens with zero attached hydrogens (tertiary/aromatic N) is 3. The van der Waals surface area contributed by atoms with E-state index in [0.29, 0.717) is 54.8 Å². The number of carboxylic acids is 1. The number of carbonyl (C=O) groups excluding carboxylic acids is 2. The van der Waals surface area contributed by atoms with Crippen molar-refractivity contribution in [2.24, 2.45) is 23.7 Å². The van der Waals surface area contributed by atoms with Crippen molar-refractivity contribution in [3.05, 3.63) is 52.5 Å². The standard InChI is InChI=1S/C32H35ClFN3O5/c1-31(2,3)20-13-23(16-6-7-21(33)22(34)12-16)35-24-14-25(42-27(20)24)29(39)37-9-8-36(15-32(37,4)5)28(38)17-10-18-19(11-17)26(18)30(40)41/h6-7,12-14,17-19,26H,8-11,15H2,1-5H3,(H,40,41). The van der Waals surface area contributed by atoms with Crippen molar-refractivity contribution in [3.63, 3.8) is 0 Å². The first-order valence-corrected chi connectivity index (χ1v) is 14.8. The van der Waals surface area contributed by atoms with Gasteiger partial charge in [-0.1, -0.05) is 38.4 Å². The van der Waals surface area contributed by atoms with Crippen LogP contribution in [0.3, 0.4) is 0 Å². The molecule has 0 spiro atoms. The Hall–Kier alpha value is -3.46. The fourth-order valence-corrected chi connectivity index (χ4v) is 7.12. The summed E-state index contributed by atoms with van der Waals surface area (Å²) in [5.41, 5.74) is 1.97. The summed E-state index contributed by atoms with van der Waals surface area (Å²) < 4.78 is 20.4. The molecule has 222 valence electrons. The molecule has 3 aliphatic rings. The molecule has 6 rings (SSSR count). The monoisotopic (exact) mass is 595 g/mol.